The molecule has 3 aliphatic rings. The minimum absolute atomic E-state index is 0.111. The number of methoxy groups -OCH3 is 2. The van der Waals surface area contributed by atoms with Crippen molar-refractivity contribution in [3.05, 3.63) is 66.0 Å². The van der Waals surface area contributed by atoms with Crippen LogP contribution in [0, 0.1) is 11.8 Å². The molecule has 184 valence electrons. The normalized spacial score (nSPS) is 27.8. The van der Waals surface area contributed by atoms with Gasteiger partial charge in [0.05, 0.1) is 47.9 Å². The maximum Gasteiger partial charge on any atom is 0.239 e. The largest absolute Gasteiger partial charge is 0.494 e. The number of hydrogen-bond donors (Lipinski definition) is 0. The van der Waals surface area contributed by atoms with Crippen molar-refractivity contribution in [1.82, 2.24) is 9.97 Å². The standard InChI is InChI=1S/C29H23N3O5/c1-28-18-14-8-6-12-30-22(14)23-15(9-7-13-31-23)19(18)29(2,27(28)35)21-20(28)25(33)32(26(21)34)24-16(36-3)10-5-11-17(24)37-4/h5-13,20-21H,1-4H3/t20-,21+,28+,29-. The van der Waals surface area contributed by atoms with Crippen LogP contribution >= 0.6 is 0 Å². The topological polar surface area (TPSA) is 98.7 Å². The molecule has 8 nitrogen and oxygen atoms in total. The zero-order chi connectivity index (χ0) is 25.9. The third-order valence-electron chi connectivity index (χ3n) is 8.79. The Labute approximate surface area is 212 Å². The van der Waals surface area contributed by atoms with Gasteiger partial charge >= 0.3 is 0 Å². The first-order chi connectivity index (χ1) is 17.8. The molecule has 2 fully saturated rings. The lowest BCUT2D eigenvalue weighted by Crippen LogP contribution is -2.42. The van der Waals surface area contributed by atoms with Gasteiger partial charge < -0.3 is 9.47 Å². The van der Waals surface area contributed by atoms with Gasteiger partial charge in [-0.3, -0.25) is 24.4 Å². The van der Waals surface area contributed by atoms with Gasteiger partial charge in [-0.25, -0.2) is 4.90 Å². The summed E-state index contributed by atoms with van der Waals surface area (Å²) in [5.41, 5.74) is 0.753. The number of benzene rings is 2. The number of hydrogen-bond acceptors (Lipinski definition) is 7. The quantitative estimate of drug-likeness (QED) is 0.317. The van der Waals surface area contributed by atoms with E-state index in [0.717, 1.165) is 21.9 Å². The lowest BCUT2D eigenvalue weighted by Gasteiger charge is -2.34. The van der Waals surface area contributed by atoms with Gasteiger partial charge in [-0.1, -0.05) is 18.2 Å². The van der Waals surface area contributed by atoms with Crippen molar-refractivity contribution in [3.8, 4) is 11.5 Å². The van der Waals surface area contributed by atoms with Crippen LogP contribution in [-0.2, 0) is 25.2 Å². The Morgan fingerprint density at radius 1 is 0.730 bits per heavy atom. The SMILES string of the molecule is COc1cccc(OC)c1N1C(=O)[C@@H]2[C@H](C1=O)[C@@]1(C)C(=O)[C@]2(C)c2c1c1cccnc1c1ncccc21. The number of imide groups is 1. The Morgan fingerprint density at radius 3 is 1.62 bits per heavy atom. The molecule has 7 rings (SSSR count). The molecule has 0 spiro atoms. The maximum atomic E-state index is 14.3. The number of fused-ring (bicyclic) bond motifs is 13. The van der Waals surface area contributed by atoms with Crippen molar-refractivity contribution < 1.29 is 23.9 Å². The second-order valence-electron chi connectivity index (χ2n) is 10.3. The number of carbonyl (C=O) groups excluding carboxylic acids is 3. The summed E-state index contributed by atoms with van der Waals surface area (Å²) in [4.78, 5) is 53.2. The summed E-state index contributed by atoms with van der Waals surface area (Å²) in [5, 5.41) is 1.57. The van der Waals surface area contributed by atoms with E-state index in [9.17, 15) is 14.4 Å². The fourth-order valence-corrected chi connectivity index (χ4v) is 7.40. The lowest BCUT2D eigenvalue weighted by molar-refractivity contribution is -0.131. The number of aromatic nitrogens is 2. The number of rotatable bonds is 3. The maximum absolute atomic E-state index is 14.3. The molecule has 2 aromatic heterocycles. The molecular weight excluding hydrogens is 470 g/mol. The van der Waals surface area contributed by atoms with Crippen molar-refractivity contribution in [3.63, 3.8) is 0 Å². The first-order valence-electron chi connectivity index (χ1n) is 12.1. The minimum atomic E-state index is -1.21. The van der Waals surface area contributed by atoms with Crippen LogP contribution in [0.25, 0.3) is 21.8 Å². The van der Waals surface area contributed by atoms with E-state index in [2.05, 4.69) is 9.97 Å². The van der Waals surface area contributed by atoms with Crippen LogP contribution in [0.4, 0.5) is 5.69 Å². The van der Waals surface area contributed by atoms with E-state index in [1.807, 2.05) is 38.1 Å². The van der Waals surface area contributed by atoms with Crippen molar-refractivity contribution >= 4 is 45.1 Å². The summed E-state index contributed by atoms with van der Waals surface area (Å²) >= 11 is 0. The molecule has 1 saturated heterocycles. The number of carbonyl (C=O) groups is 3. The van der Waals surface area contributed by atoms with Crippen molar-refractivity contribution in [2.45, 2.75) is 24.7 Å². The van der Waals surface area contributed by atoms with Gasteiger partial charge in [0.1, 0.15) is 17.2 Å². The zero-order valence-corrected chi connectivity index (χ0v) is 20.7. The molecule has 2 aromatic carbocycles. The predicted molar refractivity (Wildman–Crippen MR) is 136 cm³/mol. The number of ether oxygens (including phenoxy) is 2. The summed E-state index contributed by atoms with van der Waals surface area (Å²) in [6.45, 7) is 3.62. The first kappa shape index (κ1) is 21.9. The van der Waals surface area contributed by atoms with Crippen molar-refractivity contribution in [1.29, 1.82) is 0 Å². The number of amides is 2. The Bertz CT molecular complexity index is 1610. The Kier molecular flexibility index (Phi) is 4.09. The Morgan fingerprint density at radius 2 is 1.19 bits per heavy atom. The van der Waals surface area contributed by atoms with Crippen LogP contribution < -0.4 is 14.4 Å². The van der Waals surface area contributed by atoms with Crippen molar-refractivity contribution in [2.24, 2.45) is 11.8 Å². The van der Waals surface area contributed by atoms with Crippen molar-refractivity contribution in [2.75, 3.05) is 19.1 Å². The molecule has 2 amide bonds. The second kappa shape index (κ2) is 6.91. The van der Waals surface area contributed by atoms with E-state index in [0.29, 0.717) is 22.5 Å². The highest BCUT2D eigenvalue weighted by atomic mass is 16.5. The van der Waals surface area contributed by atoms with Crippen LogP contribution in [0.3, 0.4) is 0 Å². The van der Waals surface area contributed by atoms with Gasteiger partial charge in [0, 0.05) is 23.2 Å². The minimum Gasteiger partial charge on any atom is -0.494 e. The summed E-state index contributed by atoms with van der Waals surface area (Å²) in [5.74, 6) is -2.00. The van der Waals surface area contributed by atoms with E-state index in [-0.39, 0.29) is 11.5 Å². The fraction of sp³-hybridized carbons (Fsp3) is 0.276. The van der Waals surface area contributed by atoms with Gasteiger partial charge in [0.25, 0.3) is 0 Å². The molecule has 2 aliphatic carbocycles. The summed E-state index contributed by atoms with van der Waals surface area (Å²) in [6.07, 6.45) is 3.40. The summed E-state index contributed by atoms with van der Waals surface area (Å²) < 4.78 is 11.1. The van der Waals surface area contributed by atoms with Gasteiger partial charge in [0.15, 0.2) is 5.78 Å². The van der Waals surface area contributed by atoms with Crippen LogP contribution in [-0.4, -0.2) is 41.8 Å². The second-order valence-corrected chi connectivity index (χ2v) is 10.3. The number of para-hydroxylation sites is 1. The molecule has 3 heterocycles. The average Bonchev–Trinajstić information content (AvgIpc) is 3.37. The average molecular weight is 494 g/mol. The molecule has 4 aromatic rings. The van der Waals surface area contributed by atoms with E-state index in [1.54, 1.807) is 30.6 Å². The summed E-state index contributed by atoms with van der Waals surface area (Å²) in [6, 6.07) is 12.6. The van der Waals surface area contributed by atoms with E-state index >= 15 is 0 Å². The highest BCUT2D eigenvalue weighted by Crippen LogP contribution is 2.69. The monoisotopic (exact) mass is 493 g/mol. The van der Waals surface area contributed by atoms with Gasteiger partial charge in [-0.2, -0.15) is 0 Å². The molecule has 2 bridgehead atoms. The molecule has 4 atom stereocenters. The molecule has 0 unspecified atom stereocenters. The highest BCUT2D eigenvalue weighted by Gasteiger charge is 2.79. The van der Waals surface area contributed by atoms with E-state index in [1.165, 1.54) is 19.1 Å². The number of anilines is 1. The third kappa shape index (κ3) is 2.24. The van der Waals surface area contributed by atoms with Crippen LogP contribution in [0.15, 0.2) is 54.9 Å². The molecule has 37 heavy (non-hydrogen) atoms. The molecular formula is C29H23N3O5. The highest BCUT2D eigenvalue weighted by molar-refractivity contribution is 6.32. The molecule has 8 heteroatoms. The smallest absolute Gasteiger partial charge is 0.239 e. The Balaban J connectivity index is 1.56. The van der Waals surface area contributed by atoms with Gasteiger partial charge in [0.2, 0.25) is 11.8 Å². The van der Waals surface area contributed by atoms with Crippen LogP contribution in [0.1, 0.15) is 25.0 Å². The molecule has 1 saturated carbocycles. The number of pyridine rings is 2. The zero-order valence-electron chi connectivity index (χ0n) is 20.7. The molecule has 0 radical (unpaired) electrons. The number of ketones is 1. The first-order valence-corrected chi connectivity index (χ1v) is 12.1. The van der Waals surface area contributed by atoms with Gasteiger partial charge in [-0.15, -0.1) is 0 Å². The lowest BCUT2D eigenvalue weighted by atomic mass is 9.64. The fourth-order valence-electron chi connectivity index (χ4n) is 7.40. The number of Topliss-reactive ketones (excluding diaryl/α,β-unsaturated/α-hetero) is 1. The van der Waals surface area contributed by atoms with E-state index in [4.69, 9.17) is 9.47 Å². The summed E-state index contributed by atoms with van der Waals surface area (Å²) in [7, 11) is 2.96. The third-order valence-corrected chi connectivity index (χ3v) is 8.79. The van der Waals surface area contributed by atoms with Crippen LogP contribution in [0.2, 0.25) is 0 Å². The number of nitrogens with zero attached hydrogens (tertiary/aromatic N) is 3. The molecule has 0 N–H and O–H groups in total. The van der Waals surface area contributed by atoms with Gasteiger partial charge in [-0.05, 0) is 49.2 Å². The van der Waals surface area contributed by atoms with E-state index < -0.39 is 34.5 Å². The predicted octanol–water partition coefficient (Wildman–Crippen LogP) is 3.72. The van der Waals surface area contributed by atoms with Crippen LogP contribution in [0.5, 0.6) is 11.5 Å². The molecule has 1 aliphatic heterocycles. The Hall–Kier alpha value is -4.33.